The van der Waals surface area contributed by atoms with E-state index in [-0.39, 0.29) is 23.6 Å². The summed E-state index contributed by atoms with van der Waals surface area (Å²) in [5, 5.41) is 15.4. The second-order valence-corrected chi connectivity index (χ2v) is 9.01. The molecule has 1 N–H and O–H groups in total. The molecule has 0 aliphatic carbocycles. The molecule has 40 heavy (non-hydrogen) atoms. The Hall–Kier alpha value is -5.51. The molecule has 200 valence electrons. The molecule has 0 radical (unpaired) electrons. The highest BCUT2D eigenvalue weighted by molar-refractivity contribution is 6.39. The Morgan fingerprint density at radius 3 is 2.55 bits per heavy atom. The SMILES string of the molecule is COc1ccc(/C=C2\C(=O)NC(=O)N(c3cccc([N+](=O)[O-])c3)C2=O)c(OCc2c(C)ccc3ccccc23)c1. The number of nitro benzene ring substituents is 1. The minimum atomic E-state index is -1.01. The Bertz CT molecular complexity index is 1730. The molecule has 10 nitrogen and oxygen atoms in total. The van der Waals surface area contributed by atoms with Gasteiger partial charge in [-0.15, -0.1) is 0 Å². The van der Waals surface area contributed by atoms with Crippen LogP contribution < -0.4 is 19.7 Å². The number of carbonyl (C=O) groups excluding carboxylic acids is 3. The van der Waals surface area contributed by atoms with Crippen LogP contribution in [0.2, 0.25) is 0 Å². The fraction of sp³-hybridized carbons (Fsp3) is 0.100. The Kier molecular flexibility index (Phi) is 6.98. The van der Waals surface area contributed by atoms with E-state index in [1.807, 2.05) is 43.3 Å². The van der Waals surface area contributed by atoms with Crippen LogP contribution in [0.15, 0.2) is 84.4 Å². The molecule has 1 fully saturated rings. The molecule has 5 rings (SSSR count). The third kappa shape index (κ3) is 4.97. The number of nitro groups is 1. The van der Waals surface area contributed by atoms with Gasteiger partial charge in [0.05, 0.1) is 17.7 Å². The molecule has 4 aromatic carbocycles. The Balaban J connectivity index is 1.52. The van der Waals surface area contributed by atoms with Crippen LogP contribution in [0, 0.1) is 17.0 Å². The summed E-state index contributed by atoms with van der Waals surface area (Å²) in [5.41, 5.74) is 1.71. The lowest BCUT2D eigenvalue weighted by atomic mass is 10.0. The van der Waals surface area contributed by atoms with Gasteiger partial charge in [-0.2, -0.15) is 0 Å². The number of hydrogen-bond acceptors (Lipinski definition) is 7. The van der Waals surface area contributed by atoms with Gasteiger partial charge >= 0.3 is 6.03 Å². The first-order chi connectivity index (χ1) is 19.3. The highest BCUT2D eigenvalue weighted by Crippen LogP contribution is 2.31. The van der Waals surface area contributed by atoms with Crippen molar-refractivity contribution in [3.05, 3.63) is 111 Å². The summed E-state index contributed by atoms with van der Waals surface area (Å²) in [6.07, 6.45) is 1.32. The molecule has 1 saturated heterocycles. The molecule has 4 amide bonds. The molecule has 0 saturated carbocycles. The average Bonchev–Trinajstić information content (AvgIpc) is 2.95. The fourth-order valence-electron chi connectivity index (χ4n) is 4.47. The number of carbonyl (C=O) groups is 3. The summed E-state index contributed by atoms with van der Waals surface area (Å²) in [6, 6.07) is 20.9. The van der Waals surface area contributed by atoms with E-state index < -0.39 is 22.8 Å². The number of fused-ring (bicyclic) bond motifs is 1. The molecule has 0 spiro atoms. The van der Waals surface area contributed by atoms with Gasteiger partial charge in [0.15, 0.2) is 0 Å². The summed E-state index contributed by atoms with van der Waals surface area (Å²) in [7, 11) is 1.51. The van der Waals surface area contributed by atoms with Gasteiger partial charge in [0, 0.05) is 29.3 Å². The third-order valence-electron chi connectivity index (χ3n) is 6.57. The fourth-order valence-corrected chi connectivity index (χ4v) is 4.47. The lowest BCUT2D eigenvalue weighted by Gasteiger charge is -2.26. The van der Waals surface area contributed by atoms with E-state index in [1.54, 1.807) is 18.2 Å². The van der Waals surface area contributed by atoms with Crippen molar-refractivity contribution < 1.29 is 28.8 Å². The normalized spacial score (nSPS) is 14.4. The van der Waals surface area contributed by atoms with Gasteiger partial charge in [0.2, 0.25) is 0 Å². The number of nitrogens with one attached hydrogen (secondary N) is 1. The molecule has 1 aliphatic heterocycles. The number of amides is 4. The Labute approximate surface area is 228 Å². The molecule has 1 heterocycles. The summed E-state index contributed by atoms with van der Waals surface area (Å²) in [4.78, 5) is 50.0. The molecular formula is C30H23N3O7. The number of ether oxygens (including phenoxy) is 2. The van der Waals surface area contributed by atoms with Crippen LogP contribution in [0.25, 0.3) is 16.8 Å². The zero-order chi connectivity index (χ0) is 28.4. The third-order valence-corrected chi connectivity index (χ3v) is 6.57. The van der Waals surface area contributed by atoms with Crippen molar-refractivity contribution >= 4 is 46.1 Å². The van der Waals surface area contributed by atoms with Crippen LogP contribution >= 0.6 is 0 Å². The van der Waals surface area contributed by atoms with Crippen LogP contribution in [-0.4, -0.2) is 29.9 Å². The van der Waals surface area contributed by atoms with Crippen molar-refractivity contribution in [1.82, 2.24) is 5.32 Å². The van der Waals surface area contributed by atoms with Crippen LogP contribution in [0.3, 0.4) is 0 Å². The van der Waals surface area contributed by atoms with E-state index in [1.165, 1.54) is 31.4 Å². The van der Waals surface area contributed by atoms with Crippen LogP contribution in [0.1, 0.15) is 16.7 Å². The highest BCUT2D eigenvalue weighted by Gasteiger charge is 2.37. The Morgan fingerprint density at radius 2 is 1.77 bits per heavy atom. The van der Waals surface area contributed by atoms with E-state index in [4.69, 9.17) is 9.47 Å². The van der Waals surface area contributed by atoms with E-state index >= 15 is 0 Å². The predicted octanol–water partition coefficient (Wildman–Crippen LogP) is 5.31. The second kappa shape index (κ2) is 10.7. The number of anilines is 1. The minimum Gasteiger partial charge on any atom is -0.497 e. The van der Waals surface area contributed by atoms with Crippen molar-refractivity contribution in [1.29, 1.82) is 0 Å². The first-order valence-corrected chi connectivity index (χ1v) is 12.2. The van der Waals surface area contributed by atoms with E-state index in [2.05, 4.69) is 5.32 Å². The van der Waals surface area contributed by atoms with Crippen molar-refractivity contribution in [2.24, 2.45) is 0 Å². The maximum Gasteiger partial charge on any atom is 0.335 e. The monoisotopic (exact) mass is 537 g/mol. The Morgan fingerprint density at radius 1 is 0.975 bits per heavy atom. The first-order valence-electron chi connectivity index (χ1n) is 12.2. The zero-order valence-electron chi connectivity index (χ0n) is 21.5. The summed E-state index contributed by atoms with van der Waals surface area (Å²) in [5.74, 6) is -0.984. The average molecular weight is 538 g/mol. The standard InChI is InChI=1S/C30H23N3O7/c1-18-10-11-19-6-3-4-9-24(19)26(18)17-40-27-16-23(39-2)13-12-20(27)14-25-28(34)31-30(36)32(29(25)35)21-7-5-8-22(15-21)33(37)38/h3-16H,17H2,1-2H3,(H,31,34,36)/b25-14+. The van der Waals surface area contributed by atoms with Crippen LogP contribution in [0.5, 0.6) is 11.5 Å². The topological polar surface area (TPSA) is 128 Å². The quantitative estimate of drug-likeness (QED) is 0.146. The summed E-state index contributed by atoms with van der Waals surface area (Å²) < 4.78 is 11.6. The minimum absolute atomic E-state index is 0.0484. The highest BCUT2D eigenvalue weighted by atomic mass is 16.6. The van der Waals surface area contributed by atoms with Crippen molar-refractivity contribution in [3.8, 4) is 11.5 Å². The number of methoxy groups -OCH3 is 1. The van der Waals surface area contributed by atoms with Gasteiger partial charge in [-0.25, -0.2) is 9.69 Å². The van der Waals surface area contributed by atoms with Gasteiger partial charge in [0.1, 0.15) is 23.7 Å². The van der Waals surface area contributed by atoms with Crippen molar-refractivity contribution in [2.45, 2.75) is 13.5 Å². The zero-order valence-corrected chi connectivity index (χ0v) is 21.5. The van der Waals surface area contributed by atoms with Crippen LogP contribution in [0.4, 0.5) is 16.2 Å². The molecule has 0 unspecified atom stereocenters. The molecule has 10 heteroatoms. The van der Waals surface area contributed by atoms with E-state index in [0.717, 1.165) is 28.0 Å². The number of imide groups is 2. The van der Waals surface area contributed by atoms with Crippen molar-refractivity contribution in [3.63, 3.8) is 0 Å². The van der Waals surface area contributed by atoms with Gasteiger partial charge in [0.25, 0.3) is 17.5 Å². The number of hydrogen-bond donors (Lipinski definition) is 1. The van der Waals surface area contributed by atoms with E-state index in [0.29, 0.717) is 22.0 Å². The maximum atomic E-state index is 13.4. The number of barbiturate groups is 1. The van der Waals surface area contributed by atoms with Gasteiger partial charge in [-0.3, -0.25) is 25.0 Å². The number of rotatable bonds is 7. The van der Waals surface area contributed by atoms with Gasteiger partial charge in [-0.1, -0.05) is 42.5 Å². The maximum absolute atomic E-state index is 13.4. The van der Waals surface area contributed by atoms with Gasteiger partial charge in [-0.05, 0) is 47.5 Å². The first kappa shape index (κ1) is 26.1. The number of benzene rings is 4. The van der Waals surface area contributed by atoms with E-state index in [9.17, 15) is 24.5 Å². The second-order valence-electron chi connectivity index (χ2n) is 9.01. The number of urea groups is 1. The summed E-state index contributed by atoms with van der Waals surface area (Å²) >= 11 is 0. The molecular weight excluding hydrogens is 514 g/mol. The lowest BCUT2D eigenvalue weighted by Crippen LogP contribution is -2.54. The van der Waals surface area contributed by atoms with Crippen molar-refractivity contribution in [2.75, 3.05) is 12.0 Å². The summed E-state index contributed by atoms with van der Waals surface area (Å²) in [6.45, 7) is 2.19. The smallest absolute Gasteiger partial charge is 0.335 e. The molecule has 4 aromatic rings. The molecule has 0 atom stereocenters. The lowest BCUT2D eigenvalue weighted by molar-refractivity contribution is -0.384. The van der Waals surface area contributed by atoms with Crippen LogP contribution in [-0.2, 0) is 16.2 Å². The molecule has 0 aromatic heterocycles. The number of aryl methyl sites for hydroxylation is 1. The molecule has 0 bridgehead atoms. The largest absolute Gasteiger partial charge is 0.497 e. The molecule has 1 aliphatic rings. The predicted molar refractivity (Wildman–Crippen MR) is 148 cm³/mol. The number of non-ortho nitro benzene ring substituents is 1. The van der Waals surface area contributed by atoms with Gasteiger partial charge < -0.3 is 9.47 Å². The number of nitrogens with zero attached hydrogens (tertiary/aromatic N) is 2.